The third kappa shape index (κ3) is 3.21. The van der Waals surface area contributed by atoms with Crippen LogP contribution in [0.15, 0.2) is 12.1 Å². The Bertz CT molecular complexity index is 478. The van der Waals surface area contributed by atoms with Crippen molar-refractivity contribution < 1.29 is 14.5 Å². The molecule has 0 saturated heterocycles. The summed E-state index contributed by atoms with van der Waals surface area (Å²) >= 11 is 11.3. The van der Waals surface area contributed by atoms with Crippen LogP contribution in [0, 0.1) is 10.1 Å². The first kappa shape index (κ1) is 13.5. The van der Waals surface area contributed by atoms with Crippen LogP contribution in [-0.2, 0) is 4.79 Å². The molecule has 0 fully saturated rings. The average Bonchev–Trinajstić information content (AvgIpc) is 2.22. The highest BCUT2D eigenvalue weighted by Crippen LogP contribution is 2.36. The average molecular weight is 279 g/mol. The van der Waals surface area contributed by atoms with E-state index in [0.29, 0.717) is 0 Å². The van der Waals surface area contributed by atoms with Gasteiger partial charge in [-0.3, -0.25) is 14.9 Å². The molecule has 0 bridgehead atoms. The first-order valence-electron chi connectivity index (χ1n) is 4.42. The highest BCUT2D eigenvalue weighted by Gasteiger charge is 2.21. The maximum Gasteiger partial charge on any atom is 0.312 e. The Labute approximate surface area is 106 Å². The number of nitrogens with zero attached hydrogens (tertiary/aromatic N) is 1. The lowest BCUT2D eigenvalue weighted by molar-refractivity contribution is -0.386. The zero-order valence-corrected chi connectivity index (χ0v) is 10.2. The summed E-state index contributed by atoms with van der Waals surface area (Å²) in [6, 6.07) is 2.22. The zero-order chi connectivity index (χ0) is 13.2. The first-order chi connectivity index (χ1) is 7.82. The van der Waals surface area contributed by atoms with Gasteiger partial charge in [0.05, 0.1) is 15.0 Å². The van der Waals surface area contributed by atoms with E-state index < -0.39 is 16.9 Å². The van der Waals surface area contributed by atoms with Crippen molar-refractivity contribution in [1.82, 2.24) is 0 Å². The normalized spacial score (nSPS) is 11.9. The Kier molecular flexibility index (Phi) is 4.14. The molecule has 17 heavy (non-hydrogen) atoms. The molecule has 2 N–H and O–H groups in total. The van der Waals surface area contributed by atoms with Crippen molar-refractivity contribution >= 4 is 34.8 Å². The Morgan fingerprint density at radius 1 is 1.47 bits per heavy atom. The van der Waals surface area contributed by atoms with Gasteiger partial charge in [-0.05, 0) is 6.92 Å². The fourth-order valence-electron chi connectivity index (χ4n) is 1.00. The molecule has 1 rings (SSSR count). The number of nitrogens with two attached hydrogens (primary N) is 1. The van der Waals surface area contributed by atoms with Gasteiger partial charge < -0.3 is 10.5 Å². The largest absolute Gasteiger partial charge is 0.474 e. The van der Waals surface area contributed by atoms with Crippen molar-refractivity contribution in [2.45, 2.75) is 13.0 Å². The second-order valence-electron chi connectivity index (χ2n) is 3.15. The van der Waals surface area contributed by atoms with Crippen LogP contribution in [0.25, 0.3) is 0 Å². The van der Waals surface area contributed by atoms with Crippen LogP contribution in [0.2, 0.25) is 10.0 Å². The van der Waals surface area contributed by atoms with Crippen molar-refractivity contribution in [3.8, 4) is 5.75 Å². The lowest BCUT2D eigenvalue weighted by Crippen LogP contribution is -2.30. The SMILES string of the molecule is CC(Oc1cc(Cl)c(Cl)cc1[N+](=O)[O-])C(N)=O. The van der Waals surface area contributed by atoms with Crippen molar-refractivity contribution in [2.75, 3.05) is 0 Å². The van der Waals surface area contributed by atoms with Gasteiger partial charge >= 0.3 is 5.69 Å². The van der Waals surface area contributed by atoms with Crippen LogP contribution in [0.5, 0.6) is 5.75 Å². The molecule has 1 amide bonds. The van der Waals surface area contributed by atoms with E-state index >= 15 is 0 Å². The molecule has 1 aromatic rings. The Hall–Kier alpha value is -1.53. The number of hydrogen-bond donors (Lipinski definition) is 1. The topological polar surface area (TPSA) is 95.5 Å². The van der Waals surface area contributed by atoms with Crippen LogP contribution in [0.1, 0.15) is 6.92 Å². The van der Waals surface area contributed by atoms with Gasteiger partial charge in [0.15, 0.2) is 11.9 Å². The molecule has 1 aromatic carbocycles. The maximum absolute atomic E-state index is 10.8. The van der Waals surface area contributed by atoms with Crippen LogP contribution in [0.3, 0.4) is 0 Å². The third-order valence-electron chi connectivity index (χ3n) is 1.90. The Balaban J connectivity index is 3.17. The molecule has 1 atom stereocenters. The minimum absolute atomic E-state index is 0.0254. The van der Waals surface area contributed by atoms with E-state index in [1.165, 1.54) is 13.0 Å². The standard InChI is InChI=1S/C9H8Cl2N2O4/c1-4(9(12)14)17-8-3-6(11)5(10)2-7(8)13(15)16/h2-4H,1H3,(H2,12,14). The minimum Gasteiger partial charge on any atom is -0.474 e. The number of amides is 1. The molecule has 0 saturated carbocycles. The van der Waals surface area contributed by atoms with E-state index in [1.807, 2.05) is 0 Å². The summed E-state index contributed by atoms with van der Waals surface area (Å²) in [5.41, 5.74) is 4.60. The summed E-state index contributed by atoms with van der Waals surface area (Å²) in [4.78, 5) is 20.9. The van der Waals surface area contributed by atoms with Crippen molar-refractivity contribution in [3.63, 3.8) is 0 Å². The number of ether oxygens (including phenoxy) is 1. The number of nitro benzene ring substituents is 1. The van der Waals surface area contributed by atoms with Gasteiger partial charge in [0.2, 0.25) is 0 Å². The number of nitro groups is 1. The minimum atomic E-state index is -1.01. The quantitative estimate of drug-likeness (QED) is 0.674. The van der Waals surface area contributed by atoms with Gasteiger partial charge in [0.1, 0.15) is 0 Å². The van der Waals surface area contributed by atoms with Crippen LogP contribution >= 0.6 is 23.2 Å². The summed E-state index contributed by atoms with van der Waals surface area (Å²) in [6.07, 6.45) is -1.01. The van der Waals surface area contributed by atoms with Gasteiger partial charge in [-0.25, -0.2) is 0 Å². The van der Waals surface area contributed by atoms with E-state index in [0.717, 1.165) is 6.07 Å². The van der Waals surface area contributed by atoms with Crippen molar-refractivity contribution in [2.24, 2.45) is 5.73 Å². The van der Waals surface area contributed by atoms with Gasteiger partial charge in [0.25, 0.3) is 5.91 Å². The summed E-state index contributed by atoms with van der Waals surface area (Å²) < 4.78 is 5.04. The molecule has 0 aliphatic carbocycles. The maximum atomic E-state index is 10.8. The predicted molar refractivity (Wildman–Crippen MR) is 62.4 cm³/mol. The molecule has 0 heterocycles. The second kappa shape index (κ2) is 5.20. The summed E-state index contributed by atoms with van der Waals surface area (Å²) in [6.45, 7) is 1.37. The molecule has 1 unspecified atom stereocenters. The number of halogens is 2. The Morgan fingerprint density at radius 3 is 2.47 bits per heavy atom. The van der Waals surface area contributed by atoms with E-state index in [-0.39, 0.29) is 21.5 Å². The van der Waals surface area contributed by atoms with Crippen LogP contribution < -0.4 is 10.5 Å². The van der Waals surface area contributed by atoms with Crippen molar-refractivity contribution in [3.05, 3.63) is 32.3 Å². The molecule has 0 spiro atoms. The van der Waals surface area contributed by atoms with Gasteiger partial charge in [-0.2, -0.15) is 0 Å². The number of rotatable bonds is 4. The molecule has 0 radical (unpaired) electrons. The molecule has 0 aliphatic heterocycles. The number of carbonyl (C=O) groups excluding carboxylic acids is 1. The van der Waals surface area contributed by atoms with E-state index in [1.54, 1.807) is 0 Å². The van der Waals surface area contributed by atoms with Gasteiger partial charge in [-0.1, -0.05) is 23.2 Å². The molecule has 92 valence electrons. The predicted octanol–water partition coefficient (Wildman–Crippen LogP) is 2.15. The van der Waals surface area contributed by atoms with Crippen LogP contribution in [0.4, 0.5) is 5.69 Å². The number of benzene rings is 1. The highest BCUT2D eigenvalue weighted by atomic mass is 35.5. The fourth-order valence-corrected chi connectivity index (χ4v) is 1.32. The van der Waals surface area contributed by atoms with Gasteiger partial charge in [-0.15, -0.1) is 0 Å². The molecular formula is C9H8Cl2N2O4. The summed E-state index contributed by atoms with van der Waals surface area (Å²) in [7, 11) is 0. The number of primary amides is 1. The molecule has 8 heteroatoms. The van der Waals surface area contributed by atoms with Gasteiger partial charge in [0, 0.05) is 12.1 Å². The smallest absolute Gasteiger partial charge is 0.312 e. The molecular weight excluding hydrogens is 271 g/mol. The third-order valence-corrected chi connectivity index (χ3v) is 2.63. The monoisotopic (exact) mass is 278 g/mol. The summed E-state index contributed by atoms with van der Waals surface area (Å²) in [5, 5.41) is 10.9. The van der Waals surface area contributed by atoms with E-state index in [4.69, 9.17) is 33.7 Å². The molecule has 0 aliphatic rings. The van der Waals surface area contributed by atoms with E-state index in [9.17, 15) is 14.9 Å². The van der Waals surface area contributed by atoms with Crippen molar-refractivity contribution in [1.29, 1.82) is 0 Å². The zero-order valence-electron chi connectivity index (χ0n) is 8.65. The lowest BCUT2D eigenvalue weighted by Gasteiger charge is -2.11. The van der Waals surface area contributed by atoms with Crippen LogP contribution in [-0.4, -0.2) is 16.9 Å². The first-order valence-corrected chi connectivity index (χ1v) is 5.18. The number of carbonyl (C=O) groups is 1. The Morgan fingerprint density at radius 2 is 2.00 bits per heavy atom. The molecule has 0 aromatic heterocycles. The second-order valence-corrected chi connectivity index (χ2v) is 3.97. The van der Waals surface area contributed by atoms with E-state index in [2.05, 4.69) is 0 Å². The summed E-state index contributed by atoms with van der Waals surface area (Å²) in [5.74, 6) is -0.902. The lowest BCUT2D eigenvalue weighted by atomic mass is 10.3. The number of hydrogen-bond acceptors (Lipinski definition) is 4. The highest BCUT2D eigenvalue weighted by molar-refractivity contribution is 6.42. The molecule has 6 nitrogen and oxygen atoms in total. The fraction of sp³-hybridized carbons (Fsp3) is 0.222.